The second kappa shape index (κ2) is 10.9. The molecule has 2 aromatic rings. The molecular formula is C23H31N3O4S. The molecule has 2 rings (SSSR count). The Morgan fingerprint density at radius 3 is 2.23 bits per heavy atom. The minimum absolute atomic E-state index is 0.200. The molecule has 1 atom stereocenters. The number of anilines is 1. The fourth-order valence-electron chi connectivity index (χ4n) is 3.20. The number of aryl methyl sites for hydroxylation is 1. The Morgan fingerprint density at radius 2 is 1.65 bits per heavy atom. The Labute approximate surface area is 185 Å². The number of benzene rings is 2. The van der Waals surface area contributed by atoms with E-state index in [1.165, 1.54) is 4.90 Å². The molecule has 7 nitrogen and oxygen atoms in total. The van der Waals surface area contributed by atoms with Crippen LogP contribution in [0.15, 0.2) is 54.6 Å². The van der Waals surface area contributed by atoms with E-state index in [0.717, 1.165) is 28.1 Å². The molecule has 0 saturated carbocycles. The second-order valence-electron chi connectivity index (χ2n) is 7.53. The molecular weight excluding hydrogens is 414 g/mol. The second-order valence-corrected chi connectivity index (χ2v) is 9.44. The SMILES string of the molecule is CCCNC(=O)[C@@H](C)N(Cc1ccccc1)C(=O)CN(c1ccccc1C)S(C)(=O)=O. The Morgan fingerprint density at radius 1 is 1.03 bits per heavy atom. The summed E-state index contributed by atoms with van der Waals surface area (Å²) in [5.74, 6) is -0.718. The first-order valence-corrected chi connectivity index (χ1v) is 12.1. The number of amides is 2. The first kappa shape index (κ1) is 24.4. The first-order chi connectivity index (χ1) is 14.6. The van der Waals surface area contributed by atoms with Crippen LogP contribution in [-0.2, 0) is 26.2 Å². The number of nitrogens with zero attached hydrogens (tertiary/aromatic N) is 2. The molecule has 0 saturated heterocycles. The van der Waals surface area contributed by atoms with E-state index in [1.807, 2.05) is 43.3 Å². The average molecular weight is 446 g/mol. The number of rotatable bonds is 10. The molecule has 0 aromatic heterocycles. The highest BCUT2D eigenvalue weighted by molar-refractivity contribution is 7.92. The third-order valence-electron chi connectivity index (χ3n) is 4.98. The Kier molecular flexibility index (Phi) is 8.62. The van der Waals surface area contributed by atoms with Gasteiger partial charge >= 0.3 is 0 Å². The van der Waals surface area contributed by atoms with Crippen molar-refractivity contribution in [2.75, 3.05) is 23.7 Å². The zero-order valence-electron chi connectivity index (χ0n) is 18.5. The Hall–Kier alpha value is -2.87. The summed E-state index contributed by atoms with van der Waals surface area (Å²) in [6.07, 6.45) is 1.85. The molecule has 31 heavy (non-hydrogen) atoms. The fraction of sp³-hybridized carbons (Fsp3) is 0.391. The van der Waals surface area contributed by atoms with Gasteiger partial charge in [-0.25, -0.2) is 8.42 Å². The summed E-state index contributed by atoms with van der Waals surface area (Å²) in [5.41, 5.74) is 2.04. The minimum Gasteiger partial charge on any atom is -0.354 e. The van der Waals surface area contributed by atoms with E-state index in [1.54, 1.807) is 32.0 Å². The molecule has 0 radical (unpaired) electrons. The summed E-state index contributed by atoms with van der Waals surface area (Å²) >= 11 is 0. The van der Waals surface area contributed by atoms with Crippen LogP contribution < -0.4 is 9.62 Å². The third-order valence-corrected chi connectivity index (χ3v) is 6.10. The lowest BCUT2D eigenvalue weighted by Gasteiger charge is -2.31. The maximum absolute atomic E-state index is 13.3. The van der Waals surface area contributed by atoms with Gasteiger partial charge in [0.25, 0.3) is 0 Å². The Bertz CT molecular complexity index is 993. The fourth-order valence-corrected chi connectivity index (χ4v) is 4.10. The zero-order valence-corrected chi connectivity index (χ0v) is 19.4. The summed E-state index contributed by atoms with van der Waals surface area (Å²) in [7, 11) is -3.72. The van der Waals surface area contributed by atoms with Crippen molar-refractivity contribution in [3.05, 3.63) is 65.7 Å². The molecule has 0 heterocycles. The topological polar surface area (TPSA) is 86.8 Å². The average Bonchev–Trinajstić information content (AvgIpc) is 2.74. The lowest BCUT2D eigenvalue weighted by atomic mass is 10.1. The molecule has 2 amide bonds. The van der Waals surface area contributed by atoms with Crippen LogP contribution in [0, 0.1) is 6.92 Å². The van der Waals surface area contributed by atoms with Gasteiger partial charge in [0.15, 0.2) is 0 Å². The number of sulfonamides is 1. The molecule has 0 aliphatic heterocycles. The van der Waals surface area contributed by atoms with Crippen molar-refractivity contribution < 1.29 is 18.0 Å². The van der Waals surface area contributed by atoms with Crippen LogP contribution in [0.2, 0.25) is 0 Å². The van der Waals surface area contributed by atoms with Gasteiger partial charge in [-0.05, 0) is 37.5 Å². The van der Waals surface area contributed by atoms with Gasteiger partial charge in [0.2, 0.25) is 21.8 Å². The van der Waals surface area contributed by atoms with Crippen LogP contribution >= 0.6 is 0 Å². The third kappa shape index (κ3) is 6.82. The van der Waals surface area contributed by atoms with Crippen LogP contribution in [0.3, 0.4) is 0 Å². The highest BCUT2D eigenvalue weighted by Gasteiger charge is 2.30. The van der Waals surface area contributed by atoms with Crippen molar-refractivity contribution in [3.8, 4) is 0 Å². The van der Waals surface area contributed by atoms with E-state index in [9.17, 15) is 18.0 Å². The summed E-state index contributed by atoms with van der Waals surface area (Å²) in [6.45, 7) is 5.72. The van der Waals surface area contributed by atoms with Gasteiger partial charge in [-0.1, -0.05) is 55.5 Å². The molecule has 0 spiro atoms. The van der Waals surface area contributed by atoms with Gasteiger partial charge in [0.1, 0.15) is 12.6 Å². The van der Waals surface area contributed by atoms with Crippen molar-refractivity contribution in [1.82, 2.24) is 10.2 Å². The van der Waals surface area contributed by atoms with E-state index < -0.39 is 22.0 Å². The predicted molar refractivity (Wildman–Crippen MR) is 123 cm³/mol. The summed E-state index contributed by atoms with van der Waals surface area (Å²) in [6, 6.07) is 15.6. The van der Waals surface area contributed by atoms with Gasteiger partial charge in [-0.3, -0.25) is 13.9 Å². The van der Waals surface area contributed by atoms with Gasteiger partial charge in [-0.2, -0.15) is 0 Å². The molecule has 0 aliphatic rings. The molecule has 1 N–H and O–H groups in total. The van der Waals surface area contributed by atoms with Gasteiger partial charge < -0.3 is 10.2 Å². The summed E-state index contributed by atoms with van der Waals surface area (Å²) in [5, 5.41) is 2.81. The molecule has 0 unspecified atom stereocenters. The van der Waals surface area contributed by atoms with Gasteiger partial charge in [0, 0.05) is 13.1 Å². The molecule has 0 aliphatic carbocycles. The minimum atomic E-state index is -3.72. The number of nitrogens with one attached hydrogen (secondary N) is 1. The van der Waals surface area contributed by atoms with Crippen LogP contribution in [0.5, 0.6) is 0 Å². The molecule has 8 heteroatoms. The van der Waals surface area contributed by atoms with Crippen LogP contribution in [0.25, 0.3) is 0 Å². The largest absolute Gasteiger partial charge is 0.354 e. The lowest BCUT2D eigenvalue weighted by Crippen LogP contribution is -2.51. The van der Waals surface area contributed by atoms with Gasteiger partial charge in [-0.15, -0.1) is 0 Å². The van der Waals surface area contributed by atoms with Crippen LogP contribution in [-0.4, -0.2) is 50.5 Å². The standard InChI is InChI=1S/C23H31N3O4S/c1-5-15-24-23(28)19(3)25(16-20-12-7-6-8-13-20)22(27)17-26(31(4,29)30)21-14-10-9-11-18(21)2/h6-14,19H,5,15-17H2,1-4H3,(H,24,28)/t19-/m1/s1. The lowest BCUT2D eigenvalue weighted by molar-refractivity contribution is -0.139. The number of carbonyl (C=O) groups is 2. The van der Waals surface area contributed by atoms with E-state index >= 15 is 0 Å². The monoisotopic (exact) mass is 445 g/mol. The van der Waals surface area contributed by atoms with E-state index in [-0.39, 0.29) is 19.0 Å². The smallest absolute Gasteiger partial charge is 0.244 e. The maximum atomic E-state index is 13.3. The quantitative estimate of drug-likeness (QED) is 0.609. The van der Waals surface area contributed by atoms with E-state index in [4.69, 9.17) is 0 Å². The predicted octanol–water partition coefficient (Wildman–Crippen LogP) is 2.70. The summed E-state index contributed by atoms with van der Waals surface area (Å²) in [4.78, 5) is 27.4. The molecule has 0 fully saturated rings. The molecule has 2 aromatic carbocycles. The number of para-hydroxylation sites is 1. The highest BCUT2D eigenvalue weighted by Crippen LogP contribution is 2.22. The van der Waals surface area contributed by atoms with Gasteiger partial charge in [0.05, 0.1) is 11.9 Å². The molecule has 0 bridgehead atoms. The number of carbonyl (C=O) groups excluding carboxylic acids is 2. The Balaban J connectivity index is 2.35. The van der Waals surface area contributed by atoms with Crippen molar-refractivity contribution in [2.45, 2.75) is 39.8 Å². The van der Waals surface area contributed by atoms with Crippen LogP contribution in [0.1, 0.15) is 31.4 Å². The van der Waals surface area contributed by atoms with Crippen molar-refractivity contribution >= 4 is 27.5 Å². The number of hydrogen-bond donors (Lipinski definition) is 1. The van der Waals surface area contributed by atoms with Crippen molar-refractivity contribution in [1.29, 1.82) is 0 Å². The van der Waals surface area contributed by atoms with Crippen molar-refractivity contribution in [2.24, 2.45) is 0 Å². The van der Waals surface area contributed by atoms with E-state index in [2.05, 4.69) is 5.32 Å². The highest BCUT2D eigenvalue weighted by atomic mass is 32.2. The zero-order chi connectivity index (χ0) is 23.0. The van der Waals surface area contributed by atoms with Crippen molar-refractivity contribution in [3.63, 3.8) is 0 Å². The normalized spacial score (nSPS) is 12.1. The summed E-state index contributed by atoms with van der Waals surface area (Å²) < 4.78 is 26.1. The maximum Gasteiger partial charge on any atom is 0.244 e. The number of hydrogen-bond acceptors (Lipinski definition) is 4. The van der Waals surface area contributed by atoms with Crippen LogP contribution in [0.4, 0.5) is 5.69 Å². The molecule has 168 valence electrons. The first-order valence-electron chi connectivity index (χ1n) is 10.3. The van der Waals surface area contributed by atoms with E-state index in [0.29, 0.717) is 12.2 Å².